The number of carbonyl (C=O) groups excluding carboxylic acids is 2. The molecule has 0 radical (unpaired) electrons. The predicted octanol–water partition coefficient (Wildman–Crippen LogP) is 4.22. The molecule has 0 bridgehead atoms. The number of nitrogens with zero attached hydrogens (tertiary/aromatic N) is 2. The van der Waals surface area contributed by atoms with Gasteiger partial charge in [0.2, 0.25) is 0 Å². The van der Waals surface area contributed by atoms with Gasteiger partial charge in [-0.15, -0.1) is 11.3 Å². The minimum Gasteiger partial charge on any atom is -0.452 e. The maximum absolute atomic E-state index is 12.4. The first kappa shape index (κ1) is 20.1. The summed E-state index contributed by atoms with van der Waals surface area (Å²) in [4.78, 5) is 25.1. The van der Waals surface area contributed by atoms with Crippen LogP contribution >= 0.6 is 11.3 Å². The van der Waals surface area contributed by atoms with Gasteiger partial charge in [-0.3, -0.25) is 9.36 Å². The van der Waals surface area contributed by atoms with Crippen LogP contribution in [0.5, 0.6) is 0 Å². The number of benzene rings is 1. The summed E-state index contributed by atoms with van der Waals surface area (Å²) in [5, 5.41) is 14.2. The average Bonchev–Trinajstić information content (AvgIpc) is 3.32. The molecule has 6 nitrogen and oxygen atoms in total. The van der Waals surface area contributed by atoms with E-state index in [1.165, 1.54) is 17.4 Å². The third-order valence-corrected chi connectivity index (χ3v) is 5.21. The number of carbonyl (C=O) groups is 2. The number of para-hydroxylation sites is 1. The van der Waals surface area contributed by atoms with Gasteiger partial charge in [-0.1, -0.05) is 24.3 Å². The lowest BCUT2D eigenvalue weighted by Gasteiger charge is -2.13. The highest BCUT2D eigenvalue weighted by atomic mass is 32.1. The predicted molar refractivity (Wildman–Crippen MR) is 113 cm³/mol. The maximum Gasteiger partial charge on any atom is 0.331 e. The van der Waals surface area contributed by atoms with Crippen molar-refractivity contribution in [1.82, 2.24) is 4.57 Å². The fraction of sp³-hybridized carbons (Fsp3) is 0.136. The second-order valence-electron chi connectivity index (χ2n) is 6.22. The van der Waals surface area contributed by atoms with Crippen LogP contribution in [0, 0.1) is 25.2 Å². The number of nitriles is 1. The molecule has 0 unspecified atom stereocenters. The van der Waals surface area contributed by atoms with Gasteiger partial charge in [-0.2, -0.15) is 5.26 Å². The molecule has 2 heterocycles. The van der Waals surface area contributed by atoms with E-state index >= 15 is 0 Å². The molecule has 1 amide bonds. The summed E-state index contributed by atoms with van der Waals surface area (Å²) in [6.45, 7) is 3.27. The van der Waals surface area contributed by atoms with Gasteiger partial charge < -0.3 is 10.1 Å². The zero-order valence-electron chi connectivity index (χ0n) is 16.0. The molecule has 0 aliphatic rings. The number of amides is 1. The van der Waals surface area contributed by atoms with Crippen LogP contribution in [0.1, 0.15) is 21.7 Å². The van der Waals surface area contributed by atoms with Gasteiger partial charge in [0.25, 0.3) is 5.91 Å². The molecule has 146 valence electrons. The van der Waals surface area contributed by atoms with Crippen molar-refractivity contribution in [3.8, 4) is 11.8 Å². The number of ether oxygens (including phenoxy) is 1. The van der Waals surface area contributed by atoms with Crippen molar-refractivity contribution >= 4 is 35.1 Å². The van der Waals surface area contributed by atoms with Crippen molar-refractivity contribution in [2.75, 3.05) is 11.9 Å². The Kier molecular flexibility index (Phi) is 6.27. The minimum absolute atomic E-state index is 0.365. The molecular formula is C22H19N3O3S. The molecule has 1 N–H and O–H groups in total. The monoisotopic (exact) mass is 405 g/mol. The van der Waals surface area contributed by atoms with Crippen molar-refractivity contribution in [2.24, 2.45) is 0 Å². The van der Waals surface area contributed by atoms with Crippen LogP contribution in [0.3, 0.4) is 0 Å². The fourth-order valence-corrected chi connectivity index (χ4v) is 3.47. The Hall–Kier alpha value is -3.63. The van der Waals surface area contributed by atoms with E-state index in [4.69, 9.17) is 4.74 Å². The number of anilines is 1. The second kappa shape index (κ2) is 9.04. The number of thiophene rings is 1. The van der Waals surface area contributed by atoms with E-state index in [1.54, 1.807) is 6.08 Å². The molecule has 7 heteroatoms. The van der Waals surface area contributed by atoms with Crippen LogP contribution in [0.25, 0.3) is 11.8 Å². The molecular weight excluding hydrogens is 386 g/mol. The van der Waals surface area contributed by atoms with Crippen molar-refractivity contribution < 1.29 is 14.3 Å². The summed E-state index contributed by atoms with van der Waals surface area (Å²) in [5.41, 5.74) is 2.82. The van der Waals surface area contributed by atoms with Gasteiger partial charge in [0, 0.05) is 22.3 Å². The Balaban J connectivity index is 1.74. The first-order valence-corrected chi connectivity index (χ1v) is 9.75. The number of nitrogens with one attached hydrogen (secondary N) is 1. The Bertz CT molecular complexity index is 1090. The van der Waals surface area contributed by atoms with Gasteiger partial charge in [0.05, 0.1) is 5.56 Å². The average molecular weight is 405 g/mol. The molecule has 29 heavy (non-hydrogen) atoms. The molecule has 0 aliphatic carbocycles. The Morgan fingerprint density at radius 3 is 2.62 bits per heavy atom. The van der Waals surface area contributed by atoms with Gasteiger partial charge in [0.15, 0.2) is 6.61 Å². The van der Waals surface area contributed by atoms with Crippen molar-refractivity contribution in [2.45, 2.75) is 13.8 Å². The van der Waals surface area contributed by atoms with E-state index in [9.17, 15) is 14.9 Å². The van der Waals surface area contributed by atoms with Crippen molar-refractivity contribution in [3.05, 3.63) is 75.6 Å². The smallest absolute Gasteiger partial charge is 0.331 e. The zero-order chi connectivity index (χ0) is 20.8. The molecule has 0 fully saturated rings. The Morgan fingerprint density at radius 2 is 1.97 bits per heavy atom. The van der Waals surface area contributed by atoms with Crippen LogP contribution in [0.15, 0.2) is 53.9 Å². The molecule has 0 saturated heterocycles. The number of esters is 1. The first-order chi connectivity index (χ1) is 14.0. The molecule has 0 aliphatic heterocycles. The summed E-state index contributed by atoms with van der Waals surface area (Å²) in [5.74, 6) is -0.766. The first-order valence-electron chi connectivity index (χ1n) is 8.87. The largest absolute Gasteiger partial charge is 0.452 e. The van der Waals surface area contributed by atoms with Gasteiger partial charge >= 0.3 is 5.97 Å². The molecule has 2 aromatic heterocycles. The number of hydrogen-bond donors (Lipinski definition) is 1. The van der Waals surface area contributed by atoms with E-state index in [2.05, 4.69) is 11.4 Å². The van der Waals surface area contributed by atoms with E-state index in [0.29, 0.717) is 11.4 Å². The standard InChI is InChI=1S/C22H19N3O3S/c1-15-16(2)25(17-7-4-3-5-8-17)22(19(15)13-23)24-20(26)14-28-21(27)11-10-18-9-6-12-29-18/h3-12H,14H2,1-2H3,(H,24,26)/b11-10+. The van der Waals surface area contributed by atoms with Gasteiger partial charge in [0.1, 0.15) is 11.9 Å². The van der Waals surface area contributed by atoms with Crippen LogP contribution < -0.4 is 5.32 Å². The van der Waals surface area contributed by atoms with Crippen molar-refractivity contribution in [3.63, 3.8) is 0 Å². The quantitative estimate of drug-likeness (QED) is 0.491. The fourth-order valence-electron chi connectivity index (χ4n) is 2.85. The Labute approximate surface area is 172 Å². The third kappa shape index (κ3) is 4.62. The molecule has 3 aromatic rings. The zero-order valence-corrected chi connectivity index (χ0v) is 16.8. The van der Waals surface area contributed by atoms with Crippen LogP contribution in [0.2, 0.25) is 0 Å². The number of aromatic nitrogens is 1. The van der Waals surface area contributed by atoms with Gasteiger partial charge in [-0.05, 0) is 49.1 Å². The highest BCUT2D eigenvalue weighted by molar-refractivity contribution is 7.10. The van der Waals surface area contributed by atoms with E-state index in [-0.39, 0.29) is 0 Å². The third-order valence-electron chi connectivity index (χ3n) is 4.37. The van der Waals surface area contributed by atoms with Crippen molar-refractivity contribution in [1.29, 1.82) is 5.26 Å². The summed E-state index contributed by atoms with van der Waals surface area (Å²) >= 11 is 1.49. The second-order valence-corrected chi connectivity index (χ2v) is 7.20. The molecule has 0 spiro atoms. The van der Waals surface area contributed by atoms with E-state index in [1.807, 2.05) is 66.3 Å². The summed E-state index contributed by atoms with van der Waals surface area (Å²) in [7, 11) is 0. The summed E-state index contributed by atoms with van der Waals surface area (Å²) in [6.07, 6.45) is 2.91. The minimum atomic E-state index is -0.611. The lowest BCUT2D eigenvalue weighted by molar-refractivity contribution is -0.142. The normalized spacial score (nSPS) is 10.7. The molecule has 1 aromatic carbocycles. The molecule has 3 rings (SSSR count). The number of hydrogen-bond acceptors (Lipinski definition) is 5. The lowest BCUT2D eigenvalue weighted by Crippen LogP contribution is -2.22. The van der Waals surface area contributed by atoms with Crippen LogP contribution in [-0.2, 0) is 14.3 Å². The summed E-state index contributed by atoms with van der Waals surface area (Å²) < 4.78 is 6.81. The highest BCUT2D eigenvalue weighted by Crippen LogP contribution is 2.29. The maximum atomic E-state index is 12.4. The Morgan fingerprint density at radius 1 is 1.21 bits per heavy atom. The van der Waals surface area contributed by atoms with Crippen LogP contribution in [0.4, 0.5) is 5.82 Å². The highest BCUT2D eigenvalue weighted by Gasteiger charge is 2.20. The van der Waals surface area contributed by atoms with E-state index in [0.717, 1.165) is 21.8 Å². The summed E-state index contributed by atoms with van der Waals surface area (Å²) in [6, 6.07) is 15.3. The number of rotatable bonds is 6. The topological polar surface area (TPSA) is 84.1 Å². The van der Waals surface area contributed by atoms with E-state index < -0.39 is 18.5 Å². The van der Waals surface area contributed by atoms with Crippen LogP contribution in [-0.4, -0.2) is 23.1 Å². The molecule has 0 saturated carbocycles. The van der Waals surface area contributed by atoms with Gasteiger partial charge in [-0.25, -0.2) is 4.79 Å². The SMILES string of the molecule is Cc1c(C#N)c(NC(=O)COC(=O)/C=C/c2cccs2)n(-c2ccccc2)c1C. The molecule has 0 atom stereocenters. The lowest BCUT2D eigenvalue weighted by atomic mass is 10.2.